The summed E-state index contributed by atoms with van der Waals surface area (Å²) in [6.45, 7) is 3.48. The van der Waals surface area contributed by atoms with Crippen molar-refractivity contribution >= 4 is 0 Å². The number of likely N-dealkylation sites (N-methyl/N-ethyl adjacent to an activating group) is 1. The highest BCUT2D eigenvalue weighted by atomic mass is 16.3. The molecule has 16 heavy (non-hydrogen) atoms. The molecule has 0 saturated carbocycles. The fourth-order valence-corrected chi connectivity index (χ4v) is 2.00. The van der Waals surface area contributed by atoms with E-state index in [2.05, 4.69) is 49.2 Å². The highest BCUT2D eigenvalue weighted by Gasteiger charge is 2.12. The number of rotatable bonds is 7. The van der Waals surface area contributed by atoms with E-state index >= 15 is 0 Å². The molecule has 0 spiro atoms. The summed E-state index contributed by atoms with van der Waals surface area (Å²) in [7, 11) is 2.15. The minimum absolute atomic E-state index is 0.284. The zero-order valence-corrected chi connectivity index (χ0v) is 10.4. The van der Waals surface area contributed by atoms with Crippen LogP contribution < -0.4 is 0 Å². The van der Waals surface area contributed by atoms with Gasteiger partial charge in [-0.05, 0) is 31.9 Å². The van der Waals surface area contributed by atoms with Gasteiger partial charge in [-0.2, -0.15) is 0 Å². The third kappa shape index (κ3) is 4.33. The molecule has 1 aromatic carbocycles. The molecule has 0 amide bonds. The average Bonchev–Trinajstić information content (AvgIpc) is 2.34. The van der Waals surface area contributed by atoms with Crippen molar-refractivity contribution in [3.05, 3.63) is 35.9 Å². The van der Waals surface area contributed by atoms with Crippen LogP contribution in [0.4, 0.5) is 0 Å². The van der Waals surface area contributed by atoms with E-state index in [9.17, 15) is 0 Å². The third-order valence-electron chi connectivity index (χ3n) is 3.08. The van der Waals surface area contributed by atoms with Crippen LogP contribution in [-0.4, -0.2) is 36.2 Å². The van der Waals surface area contributed by atoms with Gasteiger partial charge in [-0.3, -0.25) is 0 Å². The predicted molar refractivity (Wildman–Crippen MR) is 68.6 cm³/mol. The van der Waals surface area contributed by atoms with Crippen molar-refractivity contribution < 1.29 is 5.11 Å². The molecule has 0 aromatic heterocycles. The highest BCUT2D eigenvalue weighted by molar-refractivity contribution is 5.15. The van der Waals surface area contributed by atoms with E-state index in [1.165, 1.54) is 5.56 Å². The Labute approximate surface area is 98.9 Å². The molecule has 0 aliphatic rings. The molecule has 0 aliphatic heterocycles. The van der Waals surface area contributed by atoms with Gasteiger partial charge in [-0.25, -0.2) is 0 Å². The molecule has 0 fully saturated rings. The van der Waals surface area contributed by atoms with Crippen molar-refractivity contribution in [2.24, 2.45) is 0 Å². The van der Waals surface area contributed by atoms with Crippen LogP contribution in [0.25, 0.3) is 0 Å². The topological polar surface area (TPSA) is 23.5 Å². The number of aliphatic hydroxyl groups excluding tert-OH is 1. The average molecular weight is 221 g/mol. The Kier molecular flexibility index (Phi) is 6.12. The third-order valence-corrected chi connectivity index (χ3v) is 3.08. The SMILES string of the molecule is CC[C@@H](Cc1ccccc1)N(C)CCCO. The maximum absolute atomic E-state index is 8.83. The molecule has 0 bridgehead atoms. The number of nitrogens with zero attached hydrogens (tertiary/aromatic N) is 1. The van der Waals surface area contributed by atoms with Crippen molar-refractivity contribution in [1.29, 1.82) is 0 Å². The van der Waals surface area contributed by atoms with Gasteiger partial charge in [0.1, 0.15) is 0 Å². The van der Waals surface area contributed by atoms with Crippen molar-refractivity contribution in [3.63, 3.8) is 0 Å². The molecule has 90 valence electrons. The fraction of sp³-hybridized carbons (Fsp3) is 0.571. The summed E-state index contributed by atoms with van der Waals surface area (Å²) in [5.41, 5.74) is 1.39. The minimum Gasteiger partial charge on any atom is -0.396 e. The Bertz CT molecular complexity index is 273. The largest absolute Gasteiger partial charge is 0.396 e. The first-order valence-electron chi connectivity index (χ1n) is 6.13. The van der Waals surface area contributed by atoms with E-state index < -0.39 is 0 Å². The van der Waals surface area contributed by atoms with Gasteiger partial charge in [0.2, 0.25) is 0 Å². The lowest BCUT2D eigenvalue weighted by Gasteiger charge is -2.27. The zero-order chi connectivity index (χ0) is 11.8. The lowest BCUT2D eigenvalue weighted by Crippen LogP contribution is -2.34. The van der Waals surface area contributed by atoms with Crippen molar-refractivity contribution in [2.45, 2.75) is 32.2 Å². The number of benzene rings is 1. The minimum atomic E-state index is 0.284. The molecular formula is C14H23NO. The van der Waals surface area contributed by atoms with Crippen molar-refractivity contribution in [2.75, 3.05) is 20.2 Å². The maximum Gasteiger partial charge on any atom is 0.0443 e. The van der Waals surface area contributed by atoms with Crippen molar-refractivity contribution in [1.82, 2.24) is 4.90 Å². The second-order valence-electron chi connectivity index (χ2n) is 4.31. The molecule has 2 nitrogen and oxygen atoms in total. The second kappa shape index (κ2) is 7.42. The Hall–Kier alpha value is -0.860. The molecule has 0 saturated heterocycles. The van der Waals surface area contributed by atoms with Gasteiger partial charge in [0.05, 0.1) is 0 Å². The molecule has 1 aromatic rings. The predicted octanol–water partition coefficient (Wildman–Crippen LogP) is 2.32. The van der Waals surface area contributed by atoms with Gasteiger partial charge >= 0.3 is 0 Å². The fourth-order valence-electron chi connectivity index (χ4n) is 2.00. The van der Waals surface area contributed by atoms with E-state index in [4.69, 9.17) is 5.11 Å². The van der Waals surface area contributed by atoms with Crippen molar-refractivity contribution in [3.8, 4) is 0 Å². The van der Waals surface area contributed by atoms with Gasteiger partial charge in [0, 0.05) is 19.2 Å². The molecule has 1 atom stereocenters. The number of aliphatic hydroxyl groups is 1. The summed E-state index contributed by atoms with van der Waals surface area (Å²) in [5.74, 6) is 0. The van der Waals surface area contributed by atoms with E-state index in [0.717, 1.165) is 25.8 Å². The molecule has 0 radical (unpaired) electrons. The summed E-state index contributed by atoms with van der Waals surface area (Å²) in [6.07, 6.45) is 3.11. The Balaban J connectivity index is 2.48. The number of hydrogen-bond acceptors (Lipinski definition) is 2. The monoisotopic (exact) mass is 221 g/mol. The van der Waals surface area contributed by atoms with Crippen LogP contribution in [0.15, 0.2) is 30.3 Å². The van der Waals surface area contributed by atoms with Crippen LogP contribution >= 0.6 is 0 Å². The van der Waals surface area contributed by atoms with Crippen LogP contribution in [0.2, 0.25) is 0 Å². The van der Waals surface area contributed by atoms with E-state index in [-0.39, 0.29) is 6.61 Å². The normalized spacial score (nSPS) is 13.0. The highest BCUT2D eigenvalue weighted by Crippen LogP contribution is 2.10. The molecule has 0 aliphatic carbocycles. The van der Waals surface area contributed by atoms with Crippen LogP contribution in [-0.2, 0) is 6.42 Å². The Morgan fingerprint density at radius 2 is 1.94 bits per heavy atom. The maximum atomic E-state index is 8.83. The lowest BCUT2D eigenvalue weighted by atomic mass is 10.0. The molecule has 1 N–H and O–H groups in total. The Morgan fingerprint density at radius 1 is 1.25 bits per heavy atom. The van der Waals surface area contributed by atoms with Crippen LogP contribution in [0.3, 0.4) is 0 Å². The molecule has 2 heteroatoms. The molecule has 0 unspecified atom stereocenters. The van der Waals surface area contributed by atoms with Crippen LogP contribution in [0.1, 0.15) is 25.3 Å². The van der Waals surface area contributed by atoms with Crippen LogP contribution in [0.5, 0.6) is 0 Å². The van der Waals surface area contributed by atoms with E-state index in [0.29, 0.717) is 6.04 Å². The summed E-state index contributed by atoms with van der Waals surface area (Å²) < 4.78 is 0. The summed E-state index contributed by atoms with van der Waals surface area (Å²) in [4.78, 5) is 2.35. The molecular weight excluding hydrogens is 198 g/mol. The first-order valence-corrected chi connectivity index (χ1v) is 6.13. The Morgan fingerprint density at radius 3 is 2.50 bits per heavy atom. The molecule has 1 rings (SSSR count). The van der Waals surface area contributed by atoms with E-state index in [1.807, 2.05) is 0 Å². The zero-order valence-electron chi connectivity index (χ0n) is 10.4. The van der Waals surface area contributed by atoms with Gasteiger partial charge < -0.3 is 10.0 Å². The first kappa shape index (κ1) is 13.2. The first-order chi connectivity index (χ1) is 7.77. The lowest BCUT2D eigenvalue weighted by molar-refractivity contribution is 0.201. The smallest absolute Gasteiger partial charge is 0.0443 e. The van der Waals surface area contributed by atoms with E-state index in [1.54, 1.807) is 0 Å². The van der Waals surface area contributed by atoms with Crippen LogP contribution in [0, 0.1) is 0 Å². The quantitative estimate of drug-likeness (QED) is 0.764. The summed E-state index contributed by atoms with van der Waals surface area (Å²) in [5, 5.41) is 8.83. The summed E-state index contributed by atoms with van der Waals surface area (Å²) in [6, 6.07) is 11.2. The molecule has 0 heterocycles. The number of hydrogen-bond donors (Lipinski definition) is 1. The second-order valence-corrected chi connectivity index (χ2v) is 4.31. The standard InChI is InChI=1S/C14H23NO/c1-3-14(15(2)10-7-11-16)12-13-8-5-4-6-9-13/h4-6,8-9,14,16H,3,7,10-12H2,1-2H3/t14-/m0/s1. The van der Waals surface area contributed by atoms with Gasteiger partial charge in [0.25, 0.3) is 0 Å². The van der Waals surface area contributed by atoms with Gasteiger partial charge in [-0.1, -0.05) is 37.3 Å². The summed E-state index contributed by atoms with van der Waals surface area (Å²) >= 11 is 0. The van der Waals surface area contributed by atoms with Gasteiger partial charge in [0.15, 0.2) is 0 Å². The van der Waals surface area contributed by atoms with Gasteiger partial charge in [-0.15, -0.1) is 0 Å².